The number of hydrogen-bond donors (Lipinski definition) is 3. The Morgan fingerprint density at radius 1 is 1.22 bits per heavy atom. The Balaban J connectivity index is 0.00000261. The first kappa shape index (κ1) is 22.0. The van der Waals surface area contributed by atoms with Crippen LogP contribution in [0.15, 0.2) is 29.4 Å². The third kappa shape index (κ3) is 6.68. The molecular formula is C21H33IN4O. The van der Waals surface area contributed by atoms with Gasteiger partial charge in [0, 0.05) is 43.8 Å². The monoisotopic (exact) mass is 484 g/mol. The SMILES string of the molecule is CN=C(NCCCOC1CCCC1)NCCc1c[nH]c2cc(C)ccc12.I. The molecule has 6 heteroatoms. The van der Waals surface area contributed by atoms with Crippen LogP contribution in [0, 0.1) is 6.92 Å². The zero-order valence-electron chi connectivity index (χ0n) is 16.5. The molecule has 3 rings (SSSR count). The molecule has 3 N–H and O–H groups in total. The zero-order chi connectivity index (χ0) is 18.2. The Kier molecular flexibility index (Phi) is 9.41. The summed E-state index contributed by atoms with van der Waals surface area (Å²) in [6.45, 7) is 4.71. The van der Waals surface area contributed by atoms with Gasteiger partial charge in [-0.2, -0.15) is 0 Å². The summed E-state index contributed by atoms with van der Waals surface area (Å²) in [5, 5.41) is 8.08. The second kappa shape index (κ2) is 11.5. The maximum atomic E-state index is 5.89. The van der Waals surface area contributed by atoms with Crippen LogP contribution < -0.4 is 10.6 Å². The van der Waals surface area contributed by atoms with Crippen molar-refractivity contribution in [1.82, 2.24) is 15.6 Å². The highest BCUT2D eigenvalue weighted by Gasteiger charge is 2.14. The van der Waals surface area contributed by atoms with Crippen LogP contribution in [0.1, 0.15) is 43.2 Å². The number of guanidine groups is 1. The molecule has 1 aliphatic rings. The molecular weight excluding hydrogens is 451 g/mol. The van der Waals surface area contributed by atoms with Crippen LogP contribution in [-0.4, -0.2) is 43.8 Å². The average Bonchev–Trinajstić information content (AvgIpc) is 3.29. The molecule has 27 heavy (non-hydrogen) atoms. The Morgan fingerprint density at radius 2 is 2.00 bits per heavy atom. The lowest BCUT2D eigenvalue weighted by Gasteiger charge is -2.13. The van der Waals surface area contributed by atoms with Crippen LogP contribution >= 0.6 is 24.0 Å². The number of nitrogens with one attached hydrogen (secondary N) is 3. The molecule has 1 aromatic heterocycles. The van der Waals surface area contributed by atoms with Crippen molar-refractivity contribution in [1.29, 1.82) is 0 Å². The molecule has 1 aromatic carbocycles. The summed E-state index contributed by atoms with van der Waals surface area (Å²) < 4.78 is 5.89. The number of H-pyrrole nitrogens is 1. The van der Waals surface area contributed by atoms with Gasteiger partial charge < -0.3 is 20.4 Å². The standard InChI is InChI=1S/C21H32N4O.HI/c1-16-8-9-19-17(15-25-20(19)14-16)10-12-24-21(22-2)23-11-5-13-26-18-6-3-4-7-18;/h8-9,14-15,18,25H,3-7,10-13H2,1-2H3,(H2,22,23,24);1H. The summed E-state index contributed by atoms with van der Waals surface area (Å²) in [4.78, 5) is 7.67. The maximum absolute atomic E-state index is 5.89. The molecule has 0 amide bonds. The third-order valence-corrected chi connectivity index (χ3v) is 5.10. The number of halogens is 1. The fourth-order valence-corrected chi connectivity index (χ4v) is 3.63. The van der Waals surface area contributed by atoms with Crippen molar-refractivity contribution < 1.29 is 4.74 Å². The molecule has 0 saturated heterocycles. The summed E-state index contributed by atoms with van der Waals surface area (Å²) in [5.41, 5.74) is 3.84. The fourth-order valence-electron chi connectivity index (χ4n) is 3.63. The summed E-state index contributed by atoms with van der Waals surface area (Å²) in [6.07, 6.45) is 9.74. The normalized spacial score (nSPS) is 15.1. The van der Waals surface area contributed by atoms with E-state index in [2.05, 4.69) is 51.9 Å². The zero-order valence-corrected chi connectivity index (χ0v) is 18.8. The van der Waals surface area contributed by atoms with Crippen LogP contribution in [0.5, 0.6) is 0 Å². The molecule has 150 valence electrons. The van der Waals surface area contributed by atoms with Crippen molar-refractivity contribution in [2.45, 2.75) is 51.6 Å². The Bertz CT molecular complexity index is 722. The van der Waals surface area contributed by atoms with Crippen molar-refractivity contribution in [3.63, 3.8) is 0 Å². The lowest BCUT2D eigenvalue weighted by Crippen LogP contribution is -2.39. The smallest absolute Gasteiger partial charge is 0.190 e. The molecule has 0 bridgehead atoms. The molecule has 0 aliphatic heterocycles. The van der Waals surface area contributed by atoms with E-state index in [1.807, 2.05) is 7.05 Å². The topological polar surface area (TPSA) is 61.4 Å². The van der Waals surface area contributed by atoms with Gasteiger partial charge in [0.25, 0.3) is 0 Å². The molecule has 1 saturated carbocycles. The lowest BCUT2D eigenvalue weighted by atomic mass is 10.1. The van der Waals surface area contributed by atoms with Crippen LogP contribution in [-0.2, 0) is 11.2 Å². The highest BCUT2D eigenvalue weighted by Crippen LogP contribution is 2.21. The number of aryl methyl sites for hydroxylation is 1. The van der Waals surface area contributed by atoms with Gasteiger partial charge in [0.15, 0.2) is 5.96 Å². The third-order valence-electron chi connectivity index (χ3n) is 5.10. The van der Waals surface area contributed by atoms with Crippen LogP contribution in [0.3, 0.4) is 0 Å². The number of nitrogens with zero attached hydrogens (tertiary/aromatic N) is 1. The Morgan fingerprint density at radius 3 is 2.78 bits per heavy atom. The number of hydrogen-bond acceptors (Lipinski definition) is 2. The van der Waals surface area contributed by atoms with Gasteiger partial charge in [0.2, 0.25) is 0 Å². The number of benzene rings is 1. The molecule has 0 spiro atoms. The molecule has 0 atom stereocenters. The minimum atomic E-state index is 0. The van der Waals surface area contributed by atoms with E-state index in [4.69, 9.17) is 4.74 Å². The predicted octanol–water partition coefficient (Wildman–Crippen LogP) is 4.15. The van der Waals surface area contributed by atoms with Gasteiger partial charge in [-0.25, -0.2) is 0 Å². The van der Waals surface area contributed by atoms with Gasteiger partial charge in [0.05, 0.1) is 6.10 Å². The van der Waals surface area contributed by atoms with Gasteiger partial charge in [-0.15, -0.1) is 24.0 Å². The van der Waals surface area contributed by atoms with E-state index in [0.717, 1.165) is 38.5 Å². The van der Waals surface area contributed by atoms with Gasteiger partial charge >= 0.3 is 0 Å². The number of aromatic amines is 1. The van der Waals surface area contributed by atoms with Crippen molar-refractivity contribution in [3.05, 3.63) is 35.5 Å². The highest BCUT2D eigenvalue weighted by molar-refractivity contribution is 14.0. The molecule has 1 fully saturated rings. The molecule has 1 aliphatic carbocycles. The summed E-state index contributed by atoms with van der Waals surface area (Å²) in [5.74, 6) is 0.863. The first-order valence-electron chi connectivity index (χ1n) is 9.89. The second-order valence-electron chi connectivity index (χ2n) is 7.17. The number of ether oxygens (including phenoxy) is 1. The van der Waals surface area contributed by atoms with Crippen molar-refractivity contribution >= 4 is 40.8 Å². The van der Waals surface area contributed by atoms with Gasteiger partial charge in [0.1, 0.15) is 0 Å². The van der Waals surface area contributed by atoms with Crippen LogP contribution in [0.4, 0.5) is 0 Å². The molecule has 1 heterocycles. The first-order valence-corrected chi connectivity index (χ1v) is 9.89. The fraction of sp³-hybridized carbons (Fsp3) is 0.571. The summed E-state index contributed by atoms with van der Waals surface area (Å²) in [6, 6.07) is 6.57. The Labute approximate surface area is 179 Å². The largest absolute Gasteiger partial charge is 0.378 e. The van der Waals surface area contributed by atoms with Gasteiger partial charge in [-0.3, -0.25) is 4.99 Å². The molecule has 0 radical (unpaired) electrons. The van der Waals surface area contributed by atoms with E-state index in [9.17, 15) is 0 Å². The number of rotatable bonds is 8. The van der Waals surface area contributed by atoms with Crippen molar-refractivity contribution in [2.24, 2.45) is 4.99 Å². The number of aromatic nitrogens is 1. The number of fused-ring (bicyclic) bond motifs is 1. The van der Waals surface area contributed by atoms with E-state index in [-0.39, 0.29) is 24.0 Å². The maximum Gasteiger partial charge on any atom is 0.190 e. The van der Waals surface area contributed by atoms with E-state index < -0.39 is 0 Å². The lowest BCUT2D eigenvalue weighted by molar-refractivity contribution is 0.0574. The predicted molar refractivity (Wildman–Crippen MR) is 124 cm³/mol. The van der Waals surface area contributed by atoms with Crippen LogP contribution in [0.25, 0.3) is 10.9 Å². The summed E-state index contributed by atoms with van der Waals surface area (Å²) >= 11 is 0. The minimum absolute atomic E-state index is 0. The second-order valence-corrected chi connectivity index (χ2v) is 7.17. The van der Waals surface area contributed by atoms with E-state index in [1.165, 1.54) is 47.7 Å². The molecule has 2 aromatic rings. The highest BCUT2D eigenvalue weighted by atomic mass is 127. The van der Waals surface area contributed by atoms with E-state index in [1.54, 1.807) is 0 Å². The van der Waals surface area contributed by atoms with Gasteiger partial charge in [-0.1, -0.05) is 25.0 Å². The average molecular weight is 484 g/mol. The number of aliphatic imine (C=N–C) groups is 1. The molecule has 0 unspecified atom stereocenters. The quantitative estimate of drug-likeness (QED) is 0.228. The molecule has 5 nitrogen and oxygen atoms in total. The minimum Gasteiger partial charge on any atom is -0.378 e. The first-order chi connectivity index (χ1) is 12.8. The van der Waals surface area contributed by atoms with Crippen molar-refractivity contribution in [3.8, 4) is 0 Å². The van der Waals surface area contributed by atoms with Crippen LogP contribution in [0.2, 0.25) is 0 Å². The van der Waals surface area contributed by atoms with E-state index >= 15 is 0 Å². The van der Waals surface area contributed by atoms with Crippen molar-refractivity contribution in [2.75, 3.05) is 26.7 Å². The summed E-state index contributed by atoms with van der Waals surface area (Å²) in [7, 11) is 1.82. The van der Waals surface area contributed by atoms with Gasteiger partial charge in [-0.05, 0) is 49.8 Å². The Hall–Kier alpha value is -1.28. The van der Waals surface area contributed by atoms with E-state index in [0.29, 0.717) is 6.10 Å².